The van der Waals surface area contributed by atoms with E-state index in [0.29, 0.717) is 36.0 Å². The zero-order valence-corrected chi connectivity index (χ0v) is 31.0. The van der Waals surface area contributed by atoms with Crippen LogP contribution in [0.15, 0.2) is 36.4 Å². The fourth-order valence-corrected chi connectivity index (χ4v) is 6.20. The summed E-state index contributed by atoms with van der Waals surface area (Å²) in [5.41, 5.74) is 18.9. The van der Waals surface area contributed by atoms with Gasteiger partial charge in [-0.05, 0) is 73.2 Å². The maximum Gasteiger partial charge on any atom is 0.319 e. The van der Waals surface area contributed by atoms with Crippen molar-refractivity contribution in [2.45, 2.75) is 79.4 Å². The Bertz CT molecular complexity index is 1630. The summed E-state index contributed by atoms with van der Waals surface area (Å²) in [4.78, 5) is 17.7. The van der Waals surface area contributed by atoms with Crippen LogP contribution in [-0.2, 0) is 39.7 Å². The number of nitrogens with zero attached hydrogens (tertiary/aromatic N) is 4. The lowest BCUT2D eigenvalue weighted by atomic mass is 10.0. The maximum atomic E-state index is 12.9. The maximum absolute atomic E-state index is 12.9. The number of nitrogens with two attached hydrogens (primary N) is 2. The molecule has 0 aliphatic carbocycles. The second kappa shape index (κ2) is 19.1. The molecule has 0 saturated heterocycles. The van der Waals surface area contributed by atoms with Crippen LogP contribution >= 0.6 is 8.25 Å². The van der Waals surface area contributed by atoms with Crippen LogP contribution in [0, 0.1) is 13.8 Å². The lowest BCUT2D eigenvalue weighted by molar-refractivity contribution is 0.212. The summed E-state index contributed by atoms with van der Waals surface area (Å²) in [6.07, 6.45) is 5.17. The van der Waals surface area contributed by atoms with Gasteiger partial charge in [0.25, 0.3) is 0 Å². The minimum atomic E-state index is -2.82. The molecule has 2 aromatic carbocycles. The Balaban J connectivity index is 1.42. The number of unbranched alkanes of at least 4 members (excludes halogenated alkanes) is 2. The molecule has 50 heavy (non-hydrogen) atoms. The first-order chi connectivity index (χ1) is 24.1. The number of benzene rings is 2. The molecule has 0 atom stereocenters. The van der Waals surface area contributed by atoms with Gasteiger partial charge in [0, 0.05) is 48.4 Å². The van der Waals surface area contributed by atoms with Crippen molar-refractivity contribution in [2.75, 3.05) is 49.4 Å². The third-order valence-electron chi connectivity index (χ3n) is 8.25. The molecule has 4 rings (SSSR count). The number of nitrogen functional groups attached to an aromatic ring is 2. The van der Waals surface area contributed by atoms with Gasteiger partial charge in [0.15, 0.2) is 0 Å². The van der Waals surface area contributed by atoms with Crippen molar-refractivity contribution in [3.05, 3.63) is 81.2 Å². The highest BCUT2D eigenvalue weighted by Crippen LogP contribution is 2.33. The SMILES string of the molecule is CCCCNc1nc(N)nc(C)c1Cc1cc(CO[PH](=O)OCc2ccc(OC)c(Cc3c(C)nc(N)nc3NCCCC)c2)ccc1OC. The Hall–Kier alpha value is -4.45. The summed E-state index contributed by atoms with van der Waals surface area (Å²) in [7, 11) is 0.445. The lowest BCUT2D eigenvalue weighted by Crippen LogP contribution is -2.12. The van der Waals surface area contributed by atoms with Crippen LogP contribution < -0.4 is 31.6 Å². The van der Waals surface area contributed by atoms with E-state index in [9.17, 15) is 4.57 Å². The van der Waals surface area contributed by atoms with Gasteiger partial charge in [-0.1, -0.05) is 38.8 Å². The fourth-order valence-electron chi connectivity index (χ4n) is 5.55. The number of rotatable bonds is 20. The van der Waals surface area contributed by atoms with E-state index in [0.717, 1.165) is 83.5 Å². The second-order valence-corrected chi connectivity index (χ2v) is 13.1. The number of hydrogen-bond donors (Lipinski definition) is 4. The monoisotopic (exact) mass is 706 g/mol. The van der Waals surface area contributed by atoms with Crippen molar-refractivity contribution in [3.8, 4) is 11.5 Å². The Morgan fingerprint density at radius 2 is 1.10 bits per heavy atom. The predicted molar refractivity (Wildman–Crippen MR) is 199 cm³/mol. The van der Waals surface area contributed by atoms with E-state index < -0.39 is 8.25 Å². The van der Waals surface area contributed by atoms with E-state index >= 15 is 0 Å². The molecular formula is C36H51N8O5P. The van der Waals surface area contributed by atoms with Gasteiger partial charge >= 0.3 is 8.25 Å². The molecule has 4 aromatic rings. The van der Waals surface area contributed by atoms with E-state index in [-0.39, 0.29) is 25.1 Å². The van der Waals surface area contributed by atoms with E-state index in [1.165, 1.54) is 0 Å². The number of aryl methyl sites for hydroxylation is 2. The summed E-state index contributed by atoms with van der Waals surface area (Å²) in [6.45, 7) is 9.89. The number of nitrogens with one attached hydrogen (secondary N) is 2. The van der Waals surface area contributed by atoms with Crippen LogP contribution in [-0.4, -0.2) is 47.2 Å². The van der Waals surface area contributed by atoms with Crippen molar-refractivity contribution in [3.63, 3.8) is 0 Å². The van der Waals surface area contributed by atoms with Gasteiger partial charge in [0.05, 0.1) is 27.4 Å². The zero-order chi connectivity index (χ0) is 36.0. The van der Waals surface area contributed by atoms with Crippen LogP contribution in [0.2, 0.25) is 0 Å². The molecule has 0 unspecified atom stereocenters. The molecule has 0 spiro atoms. The van der Waals surface area contributed by atoms with Crippen molar-refractivity contribution >= 4 is 31.8 Å². The number of hydrogen-bond acceptors (Lipinski definition) is 13. The van der Waals surface area contributed by atoms with Gasteiger partial charge in [0.2, 0.25) is 11.9 Å². The third-order valence-corrected chi connectivity index (χ3v) is 9.01. The van der Waals surface area contributed by atoms with Gasteiger partial charge in [-0.2, -0.15) is 9.97 Å². The van der Waals surface area contributed by atoms with Gasteiger partial charge < -0.3 is 40.6 Å². The molecule has 2 aromatic heterocycles. The fraction of sp³-hybridized carbons (Fsp3) is 0.444. The zero-order valence-electron chi connectivity index (χ0n) is 30.0. The summed E-state index contributed by atoms with van der Waals surface area (Å²) in [6, 6.07) is 11.5. The topological polar surface area (TPSA) is 182 Å². The van der Waals surface area contributed by atoms with Gasteiger partial charge in [-0.3, -0.25) is 4.57 Å². The lowest BCUT2D eigenvalue weighted by Gasteiger charge is -2.16. The summed E-state index contributed by atoms with van der Waals surface area (Å²) >= 11 is 0. The number of methoxy groups -OCH3 is 2. The predicted octanol–water partition coefficient (Wildman–Crippen LogP) is 6.79. The Morgan fingerprint density at radius 3 is 1.48 bits per heavy atom. The standard InChI is InChI=1S/C36H51N8O5P/c1-7-9-15-39-33-29(23(3)41-35(37)43-33)19-27-17-25(11-13-31(27)46-5)21-48-50(45)49-22-26-12-14-32(47-6)28(18-26)20-30-24(4)42-36(38)44-34(30)40-16-10-8-2/h11-14,17-18,50H,7-10,15-16,19-22H2,1-6H3,(H3,37,39,41,43)(H3,38,40,42,44). The molecule has 0 aliphatic heterocycles. The van der Waals surface area contributed by atoms with Crippen LogP contribution in [0.5, 0.6) is 11.5 Å². The number of aromatic nitrogens is 4. The quantitative estimate of drug-likeness (QED) is 0.0557. The molecule has 0 amide bonds. The van der Waals surface area contributed by atoms with Crippen LogP contribution in [0.3, 0.4) is 0 Å². The minimum Gasteiger partial charge on any atom is -0.496 e. The molecule has 270 valence electrons. The van der Waals surface area contributed by atoms with E-state index in [1.54, 1.807) is 14.2 Å². The smallest absolute Gasteiger partial charge is 0.319 e. The van der Waals surface area contributed by atoms with Crippen LogP contribution in [0.25, 0.3) is 0 Å². The molecule has 0 bridgehead atoms. The number of ether oxygens (including phenoxy) is 2. The van der Waals surface area contributed by atoms with E-state index in [2.05, 4.69) is 44.4 Å². The Morgan fingerprint density at radius 1 is 0.680 bits per heavy atom. The molecule has 6 N–H and O–H groups in total. The Kier molecular flexibility index (Phi) is 14.6. The molecule has 13 nitrogen and oxygen atoms in total. The minimum absolute atomic E-state index is 0.103. The van der Waals surface area contributed by atoms with Crippen molar-refractivity contribution < 1.29 is 23.1 Å². The molecular weight excluding hydrogens is 655 g/mol. The first kappa shape index (κ1) is 38.4. The van der Waals surface area contributed by atoms with Gasteiger partial charge in [-0.15, -0.1) is 0 Å². The molecule has 0 aliphatic rings. The van der Waals surface area contributed by atoms with Gasteiger partial charge in [0.1, 0.15) is 23.1 Å². The molecule has 0 radical (unpaired) electrons. The van der Waals surface area contributed by atoms with Crippen molar-refractivity contribution in [1.29, 1.82) is 0 Å². The molecule has 2 heterocycles. The van der Waals surface area contributed by atoms with Crippen LogP contribution in [0.4, 0.5) is 23.5 Å². The summed E-state index contributed by atoms with van der Waals surface area (Å²) in [5.74, 6) is 3.32. The van der Waals surface area contributed by atoms with Crippen molar-refractivity contribution in [2.24, 2.45) is 0 Å². The average molecular weight is 707 g/mol. The second-order valence-electron chi connectivity index (χ2n) is 12.0. The van der Waals surface area contributed by atoms with E-state index in [1.807, 2.05) is 50.2 Å². The molecule has 14 heteroatoms. The van der Waals surface area contributed by atoms with Crippen molar-refractivity contribution in [1.82, 2.24) is 19.9 Å². The highest BCUT2D eigenvalue weighted by Gasteiger charge is 2.17. The van der Waals surface area contributed by atoms with E-state index in [4.69, 9.17) is 30.0 Å². The highest BCUT2D eigenvalue weighted by atomic mass is 31.1. The number of anilines is 4. The highest BCUT2D eigenvalue weighted by molar-refractivity contribution is 7.33. The summed E-state index contributed by atoms with van der Waals surface area (Å²) in [5, 5.41) is 6.81. The summed E-state index contributed by atoms with van der Waals surface area (Å²) < 4.78 is 35.6. The largest absolute Gasteiger partial charge is 0.496 e. The molecule has 0 fully saturated rings. The average Bonchev–Trinajstić information content (AvgIpc) is 3.09. The Labute approximate surface area is 295 Å². The first-order valence-electron chi connectivity index (χ1n) is 17.0. The molecule has 0 saturated carbocycles. The normalized spacial score (nSPS) is 11.2. The third kappa shape index (κ3) is 10.8. The van der Waals surface area contributed by atoms with Gasteiger partial charge in [-0.25, -0.2) is 9.97 Å². The first-order valence-corrected chi connectivity index (χ1v) is 18.2. The van der Waals surface area contributed by atoms with Crippen LogP contribution in [0.1, 0.15) is 84.3 Å².